The van der Waals surface area contributed by atoms with Crippen LogP contribution >= 0.6 is 0 Å². The molecule has 0 aromatic rings. The lowest BCUT2D eigenvalue weighted by Crippen LogP contribution is -2.25. The summed E-state index contributed by atoms with van der Waals surface area (Å²) in [6.07, 6.45) is 4.73. The first-order valence-corrected chi connectivity index (χ1v) is 4.87. The van der Waals surface area contributed by atoms with Crippen LogP contribution in [-0.4, -0.2) is 12.1 Å². The van der Waals surface area contributed by atoms with Crippen molar-refractivity contribution in [1.82, 2.24) is 0 Å². The van der Waals surface area contributed by atoms with Gasteiger partial charge in [0.1, 0.15) is 6.10 Å². The predicted octanol–water partition coefficient (Wildman–Crippen LogP) is 1.96. The monoisotopic (exact) mass is 179 g/mol. The Balaban J connectivity index is 1.92. The molecule has 1 radical (unpaired) electrons. The highest BCUT2D eigenvalue weighted by Crippen LogP contribution is 2.49. The van der Waals surface area contributed by atoms with Crippen molar-refractivity contribution in [3.8, 4) is 0 Å². The fraction of sp³-hybridized carbons (Fsp3) is 0.636. The van der Waals surface area contributed by atoms with Crippen molar-refractivity contribution in [2.24, 2.45) is 17.8 Å². The summed E-state index contributed by atoms with van der Waals surface area (Å²) < 4.78 is 5.26. The quantitative estimate of drug-likeness (QED) is 0.478. The van der Waals surface area contributed by atoms with Gasteiger partial charge in [-0.1, -0.05) is 6.58 Å². The Bertz CT molecular complexity index is 232. The van der Waals surface area contributed by atoms with Crippen LogP contribution in [0.5, 0.6) is 0 Å². The zero-order valence-electron chi connectivity index (χ0n) is 7.74. The summed E-state index contributed by atoms with van der Waals surface area (Å²) >= 11 is 0. The first kappa shape index (κ1) is 8.79. The lowest BCUT2D eigenvalue weighted by atomic mass is 9.89. The molecule has 0 aromatic heterocycles. The topological polar surface area (TPSA) is 26.3 Å². The number of ether oxygens (including phenoxy) is 1. The van der Waals surface area contributed by atoms with E-state index in [0.29, 0.717) is 17.8 Å². The number of carbonyl (C=O) groups excluding carboxylic acids is 1. The van der Waals surface area contributed by atoms with E-state index in [9.17, 15) is 4.79 Å². The zero-order chi connectivity index (χ0) is 9.42. The predicted molar refractivity (Wildman–Crippen MR) is 49.8 cm³/mol. The van der Waals surface area contributed by atoms with Gasteiger partial charge in [0.25, 0.3) is 0 Å². The van der Waals surface area contributed by atoms with Crippen LogP contribution in [0.25, 0.3) is 0 Å². The van der Waals surface area contributed by atoms with Gasteiger partial charge in [0.05, 0.1) is 0 Å². The third-order valence-electron chi connectivity index (χ3n) is 3.37. The summed E-state index contributed by atoms with van der Waals surface area (Å²) in [6, 6.07) is 0. The Morgan fingerprint density at radius 1 is 1.31 bits per heavy atom. The van der Waals surface area contributed by atoms with E-state index in [4.69, 9.17) is 4.74 Å². The van der Waals surface area contributed by atoms with E-state index in [1.165, 1.54) is 12.5 Å². The maximum atomic E-state index is 11.0. The van der Waals surface area contributed by atoms with E-state index >= 15 is 0 Å². The highest BCUT2D eigenvalue weighted by atomic mass is 16.5. The molecular weight excluding hydrogens is 164 g/mol. The van der Waals surface area contributed by atoms with Crippen molar-refractivity contribution in [3.05, 3.63) is 19.6 Å². The van der Waals surface area contributed by atoms with Crippen molar-refractivity contribution in [1.29, 1.82) is 0 Å². The molecule has 0 N–H and O–H groups in total. The van der Waals surface area contributed by atoms with Crippen LogP contribution in [0, 0.1) is 24.7 Å². The van der Waals surface area contributed by atoms with E-state index in [-0.39, 0.29) is 12.1 Å². The Kier molecular flexibility index (Phi) is 2.14. The number of hydrogen-bond acceptors (Lipinski definition) is 2. The number of rotatable bonds is 2. The van der Waals surface area contributed by atoms with Crippen LogP contribution in [0.3, 0.4) is 0 Å². The van der Waals surface area contributed by atoms with Crippen LogP contribution < -0.4 is 0 Å². The molecule has 71 valence electrons. The molecule has 0 aliphatic heterocycles. The number of esters is 1. The summed E-state index contributed by atoms with van der Waals surface area (Å²) in [4.78, 5) is 11.0. The molecule has 2 rings (SSSR count). The van der Waals surface area contributed by atoms with E-state index < -0.39 is 0 Å². The maximum absolute atomic E-state index is 11.0. The lowest BCUT2D eigenvalue weighted by Gasteiger charge is -2.24. The summed E-state index contributed by atoms with van der Waals surface area (Å²) in [6.45, 7) is 7.49. The number of fused-ring (bicyclic) bond motifs is 2. The molecule has 2 saturated carbocycles. The molecule has 0 amide bonds. The third kappa shape index (κ3) is 1.50. The first-order valence-electron chi connectivity index (χ1n) is 4.87. The molecule has 2 aliphatic carbocycles. The van der Waals surface area contributed by atoms with E-state index in [0.717, 1.165) is 12.8 Å². The Hall–Kier alpha value is -0.790. The van der Waals surface area contributed by atoms with Crippen molar-refractivity contribution < 1.29 is 9.53 Å². The van der Waals surface area contributed by atoms with Gasteiger partial charge in [-0.25, -0.2) is 4.79 Å². The molecule has 4 unspecified atom stereocenters. The van der Waals surface area contributed by atoms with Crippen LogP contribution in [0.4, 0.5) is 0 Å². The minimum absolute atomic E-state index is 0.147. The standard InChI is InChI=1S/C11H15O2/c1-3-11(12)13-10-6-8-5-9(10)4-7(8)2/h3,7-10H,1-2,4-6H2. The van der Waals surface area contributed by atoms with Gasteiger partial charge < -0.3 is 4.74 Å². The Morgan fingerprint density at radius 3 is 2.54 bits per heavy atom. The summed E-state index contributed by atoms with van der Waals surface area (Å²) in [5, 5.41) is 0. The highest BCUT2D eigenvalue weighted by molar-refractivity contribution is 5.81. The molecule has 0 spiro atoms. The van der Waals surface area contributed by atoms with Crippen molar-refractivity contribution in [3.63, 3.8) is 0 Å². The smallest absolute Gasteiger partial charge is 0.330 e. The SMILES string of the molecule is [CH2]C1CC2CC1CC2OC(=O)C=C. The van der Waals surface area contributed by atoms with Gasteiger partial charge in [0.15, 0.2) is 0 Å². The molecule has 0 saturated heterocycles. The normalized spacial score (nSPS) is 41.9. The summed E-state index contributed by atoms with van der Waals surface area (Å²) in [5.74, 6) is 1.56. The Morgan fingerprint density at radius 2 is 2.08 bits per heavy atom. The zero-order valence-corrected chi connectivity index (χ0v) is 7.74. The molecule has 2 fully saturated rings. The molecule has 2 heteroatoms. The molecule has 4 atom stereocenters. The summed E-state index contributed by atoms with van der Waals surface area (Å²) in [7, 11) is 0. The van der Waals surface area contributed by atoms with Crippen LogP contribution in [0.2, 0.25) is 0 Å². The van der Waals surface area contributed by atoms with Crippen LogP contribution in [0.1, 0.15) is 19.3 Å². The fourth-order valence-corrected chi connectivity index (χ4v) is 2.68. The van der Waals surface area contributed by atoms with Gasteiger partial charge in [0, 0.05) is 6.08 Å². The van der Waals surface area contributed by atoms with E-state index in [1.807, 2.05) is 0 Å². The fourth-order valence-electron chi connectivity index (χ4n) is 2.68. The first-order chi connectivity index (χ1) is 6.20. The minimum atomic E-state index is -0.279. The minimum Gasteiger partial charge on any atom is -0.459 e. The maximum Gasteiger partial charge on any atom is 0.330 e. The highest BCUT2D eigenvalue weighted by Gasteiger charge is 2.45. The summed E-state index contributed by atoms with van der Waals surface area (Å²) in [5.41, 5.74) is 0. The van der Waals surface area contributed by atoms with E-state index in [1.54, 1.807) is 0 Å². The number of hydrogen-bond donors (Lipinski definition) is 0. The van der Waals surface area contributed by atoms with Gasteiger partial charge in [0.2, 0.25) is 0 Å². The van der Waals surface area contributed by atoms with Gasteiger partial charge in [-0.15, -0.1) is 0 Å². The van der Waals surface area contributed by atoms with Crippen molar-refractivity contribution in [2.75, 3.05) is 0 Å². The van der Waals surface area contributed by atoms with Crippen molar-refractivity contribution >= 4 is 5.97 Å². The molecule has 2 bridgehead atoms. The largest absolute Gasteiger partial charge is 0.459 e. The van der Waals surface area contributed by atoms with Gasteiger partial charge in [-0.2, -0.15) is 0 Å². The second-order valence-corrected chi connectivity index (χ2v) is 4.17. The Labute approximate surface area is 79.0 Å². The van der Waals surface area contributed by atoms with Crippen LogP contribution in [0.15, 0.2) is 12.7 Å². The number of carbonyl (C=O) groups is 1. The van der Waals surface area contributed by atoms with Crippen molar-refractivity contribution in [2.45, 2.75) is 25.4 Å². The molecular formula is C11H15O2. The molecule has 2 nitrogen and oxygen atoms in total. The second-order valence-electron chi connectivity index (χ2n) is 4.17. The molecule has 2 aliphatic rings. The van der Waals surface area contributed by atoms with Gasteiger partial charge >= 0.3 is 5.97 Å². The molecule has 0 aromatic carbocycles. The van der Waals surface area contributed by atoms with Gasteiger partial charge in [-0.3, -0.25) is 0 Å². The van der Waals surface area contributed by atoms with Gasteiger partial charge in [-0.05, 0) is 43.9 Å². The van der Waals surface area contributed by atoms with Crippen LogP contribution in [-0.2, 0) is 9.53 Å². The molecule has 13 heavy (non-hydrogen) atoms. The average Bonchev–Trinajstić information content (AvgIpc) is 2.63. The second kappa shape index (κ2) is 3.17. The third-order valence-corrected chi connectivity index (χ3v) is 3.37. The molecule has 0 heterocycles. The average molecular weight is 179 g/mol. The lowest BCUT2D eigenvalue weighted by molar-refractivity contribution is -0.145. The van der Waals surface area contributed by atoms with E-state index in [2.05, 4.69) is 13.5 Å².